The molecule has 1 atom stereocenters. The first-order chi connectivity index (χ1) is 9.83. The molecule has 3 heterocycles. The second-order valence-electron chi connectivity index (χ2n) is 5.05. The lowest BCUT2D eigenvalue weighted by molar-refractivity contribution is 0.213. The van der Waals surface area contributed by atoms with Crippen LogP contribution in [-0.4, -0.2) is 44.6 Å². The van der Waals surface area contributed by atoms with Gasteiger partial charge in [-0.2, -0.15) is 4.98 Å². The Hall–Kier alpha value is -1.86. The lowest BCUT2D eigenvalue weighted by Gasteiger charge is -2.27. The molecule has 1 aliphatic heterocycles. The van der Waals surface area contributed by atoms with Crippen molar-refractivity contribution >= 4 is 0 Å². The number of aromatic nitrogens is 4. The highest BCUT2D eigenvalue weighted by molar-refractivity contribution is 5.48. The van der Waals surface area contributed by atoms with Crippen molar-refractivity contribution < 1.29 is 4.52 Å². The second kappa shape index (κ2) is 6.06. The van der Waals surface area contributed by atoms with Crippen molar-refractivity contribution in [2.75, 3.05) is 19.6 Å². The molecule has 0 aliphatic carbocycles. The minimum absolute atomic E-state index is 0.227. The largest absolute Gasteiger partial charge is 0.334 e. The maximum absolute atomic E-state index is 6.16. The van der Waals surface area contributed by atoms with Crippen LogP contribution in [0.1, 0.15) is 31.1 Å². The van der Waals surface area contributed by atoms with Gasteiger partial charge < -0.3 is 15.2 Å². The Morgan fingerprint density at radius 1 is 1.20 bits per heavy atom. The monoisotopic (exact) mass is 274 g/mol. The Labute approximate surface area is 117 Å². The average molecular weight is 274 g/mol. The summed E-state index contributed by atoms with van der Waals surface area (Å²) in [5.41, 5.74) is 6.86. The number of nitrogens with zero attached hydrogens (tertiary/aromatic N) is 5. The van der Waals surface area contributed by atoms with Gasteiger partial charge in [-0.25, -0.2) is 9.97 Å². The van der Waals surface area contributed by atoms with E-state index in [4.69, 9.17) is 10.3 Å². The number of hydrogen-bond acceptors (Lipinski definition) is 7. The molecule has 2 N–H and O–H groups in total. The quantitative estimate of drug-likeness (QED) is 0.889. The lowest BCUT2D eigenvalue weighted by Crippen LogP contribution is -2.36. The van der Waals surface area contributed by atoms with Gasteiger partial charge in [0.15, 0.2) is 5.82 Å². The Morgan fingerprint density at radius 3 is 2.70 bits per heavy atom. The molecule has 2 aromatic rings. The summed E-state index contributed by atoms with van der Waals surface area (Å²) in [6.45, 7) is 2.97. The fraction of sp³-hybridized carbons (Fsp3) is 0.538. The first-order valence-electron chi connectivity index (χ1n) is 6.90. The van der Waals surface area contributed by atoms with E-state index in [1.54, 1.807) is 12.4 Å². The van der Waals surface area contributed by atoms with E-state index in [2.05, 4.69) is 25.0 Å². The average Bonchev–Trinajstić information content (AvgIpc) is 2.99. The molecule has 0 saturated carbocycles. The molecule has 2 aromatic heterocycles. The lowest BCUT2D eigenvalue weighted by atomic mass is 10.1. The molecule has 7 heteroatoms. The van der Waals surface area contributed by atoms with E-state index >= 15 is 0 Å². The van der Waals surface area contributed by atoms with Gasteiger partial charge in [0.25, 0.3) is 5.89 Å². The van der Waals surface area contributed by atoms with Gasteiger partial charge in [0.1, 0.15) is 6.33 Å². The first kappa shape index (κ1) is 13.1. The zero-order valence-electron chi connectivity index (χ0n) is 11.3. The van der Waals surface area contributed by atoms with Gasteiger partial charge in [-0.3, -0.25) is 0 Å². The highest BCUT2D eigenvalue weighted by Gasteiger charge is 2.19. The van der Waals surface area contributed by atoms with E-state index in [0.29, 0.717) is 17.3 Å². The second-order valence-corrected chi connectivity index (χ2v) is 5.05. The van der Waals surface area contributed by atoms with E-state index in [-0.39, 0.29) is 6.04 Å². The minimum Gasteiger partial charge on any atom is -0.334 e. The van der Waals surface area contributed by atoms with Gasteiger partial charge in [0.05, 0.1) is 11.6 Å². The zero-order valence-corrected chi connectivity index (χ0v) is 11.3. The summed E-state index contributed by atoms with van der Waals surface area (Å²) in [6.07, 6.45) is 8.53. The number of likely N-dealkylation sites (tertiary alicyclic amines) is 1. The smallest absolute Gasteiger partial charge is 0.261 e. The molecule has 0 spiro atoms. The molecule has 7 nitrogen and oxygen atoms in total. The van der Waals surface area contributed by atoms with Crippen LogP contribution < -0.4 is 5.73 Å². The molecule has 1 aliphatic rings. The van der Waals surface area contributed by atoms with Crippen molar-refractivity contribution in [1.29, 1.82) is 0 Å². The molecule has 20 heavy (non-hydrogen) atoms. The van der Waals surface area contributed by atoms with E-state index in [0.717, 1.165) is 19.6 Å². The van der Waals surface area contributed by atoms with Crippen LogP contribution in [0.15, 0.2) is 23.2 Å². The van der Waals surface area contributed by atoms with Crippen LogP contribution in [0.4, 0.5) is 0 Å². The maximum Gasteiger partial charge on any atom is 0.261 e. The van der Waals surface area contributed by atoms with Crippen LogP contribution in [-0.2, 0) is 0 Å². The van der Waals surface area contributed by atoms with Gasteiger partial charge in [-0.15, -0.1) is 0 Å². The van der Waals surface area contributed by atoms with Gasteiger partial charge in [0, 0.05) is 18.9 Å². The van der Waals surface area contributed by atoms with Crippen molar-refractivity contribution in [3.05, 3.63) is 24.5 Å². The molecule has 1 unspecified atom stereocenters. The van der Waals surface area contributed by atoms with E-state index < -0.39 is 0 Å². The summed E-state index contributed by atoms with van der Waals surface area (Å²) in [4.78, 5) is 14.6. The van der Waals surface area contributed by atoms with E-state index in [1.165, 1.54) is 25.6 Å². The van der Waals surface area contributed by atoms with Crippen LogP contribution in [0.5, 0.6) is 0 Å². The molecule has 1 saturated heterocycles. The van der Waals surface area contributed by atoms with Gasteiger partial charge in [-0.1, -0.05) is 11.6 Å². The van der Waals surface area contributed by atoms with Crippen molar-refractivity contribution in [2.24, 2.45) is 5.73 Å². The Morgan fingerprint density at radius 2 is 1.95 bits per heavy atom. The SMILES string of the molecule is NC(CN1CCCCC1)c1noc(-c2cncnc2)n1. The van der Waals surface area contributed by atoms with Crippen LogP contribution in [0.2, 0.25) is 0 Å². The van der Waals surface area contributed by atoms with Crippen molar-refractivity contribution in [3.8, 4) is 11.5 Å². The highest BCUT2D eigenvalue weighted by atomic mass is 16.5. The number of piperidine rings is 1. The van der Waals surface area contributed by atoms with Crippen molar-refractivity contribution in [1.82, 2.24) is 25.0 Å². The molecule has 1 fully saturated rings. The third-order valence-corrected chi connectivity index (χ3v) is 3.48. The predicted octanol–water partition coefficient (Wildman–Crippen LogP) is 1.01. The van der Waals surface area contributed by atoms with E-state index in [1.807, 2.05) is 0 Å². The Kier molecular flexibility index (Phi) is 3.98. The van der Waals surface area contributed by atoms with Crippen LogP contribution >= 0.6 is 0 Å². The summed E-state index contributed by atoms with van der Waals surface area (Å²) < 4.78 is 5.22. The molecule has 3 rings (SSSR count). The summed E-state index contributed by atoms with van der Waals surface area (Å²) in [6, 6.07) is -0.227. The normalized spacial score (nSPS) is 18.1. The standard InChI is InChI=1S/C13H18N6O/c14-11(8-19-4-2-1-3-5-19)12-17-13(20-18-12)10-6-15-9-16-7-10/h6-7,9,11H,1-5,8,14H2. The molecular weight excluding hydrogens is 256 g/mol. The molecule has 0 bridgehead atoms. The fourth-order valence-corrected chi connectivity index (χ4v) is 2.41. The van der Waals surface area contributed by atoms with Crippen LogP contribution in [0.25, 0.3) is 11.5 Å². The van der Waals surface area contributed by atoms with Gasteiger partial charge in [0.2, 0.25) is 0 Å². The molecular formula is C13H18N6O. The van der Waals surface area contributed by atoms with Gasteiger partial charge >= 0.3 is 0 Å². The van der Waals surface area contributed by atoms with Crippen LogP contribution in [0.3, 0.4) is 0 Å². The molecule has 0 aromatic carbocycles. The molecule has 106 valence electrons. The molecule has 0 amide bonds. The summed E-state index contributed by atoms with van der Waals surface area (Å²) in [5, 5.41) is 3.96. The van der Waals surface area contributed by atoms with Gasteiger partial charge in [-0.05, 0) is 25.9 Å². The van der Waals surface area contributed by atoms with E-state index in [9.17, 15) is 0 Å². The third-order valence-electron chi connectivity index (χ3n) is 3.48. The maximum atomic E-state index is 6.16. The first-order valence-corrected chi connectivity index (χ1v) is 6.90. The number of rotatable bonds is 4. The number of hydrogen-bond donors (Lipinski definition) is 1. The zero-order chi connectivity index (χ0) is 13.8. The topological polar surface area (TPSA) is 94.0 Å². The summed E-state index contributed by atoms with van der Waals surface area (Å²) in [5.74, 6) is 0.948. The fourth-order valence-electron chi connectivity index (χ4n) is 2.41. The van der Waals surface area contributed by atoms with Crippen molar-refractivity contribution in [2.45, 2.75) is 25.3 Å². The minimum atomic E-state index is -0.227. The Balaban J connectivity index is 1.66. The predicted molar refractivity (Wildman–Crippen MR) is 72.5 cm³/mol. The summed E-state index contributed by atoms with van der Waals surface area (Å²) in [7, 11) is 0. The number of nitrogens with two attached hydrogens (primary N) is 1. The Bertz CT molecular complexity index is 537. The van der Waals surface area contributed by atoms with Crippen LogP contribution in [0, 0.1) is 0 Å². The highest BCUT2D eigenvalue weighted by Crippen LogP contribution is 2.18. The summed E-state index contributed by atoms with van der Waals surface area (Å²) >= 11 is 0. The molecule has 0 radical (unpaired) electrons. The third kappa shape index (κ3) is 3.00. The van der Waals surface area contributed by atoms with Crippen molar-refractivity contribution in [3.63, 3.8) is 0 Å².